The van der Waals surface area contributed by atoms with Crippen LogP contribution in [0.2, 0.25) is 0 Å². The summed E-state index contributed by atoms with van der Waals surface area (Å²) in [5.74, 6) is -1.23. The normalized spacial score (nSPS) is 20.1. The van der Waals surface area contributed by atoms with E-state index in [1.807, 2.05) is 13.8 Å². The summed E-state index contributed by atoms with van der Waals surface area (Å²) < 4.78 is 29.6. The second-order valence-corrected chi connectivity index (χ2v) is 12.2. The van der Waals surface area contributed by atoms with E-state index in [0.717, 1.165) is 16.2 Å². The first-order chi connectivity index (χ1) is 19.1. The first-order valence-electron chi connectivity index (χ1n) is 13.0. The van der Waals surface area contributed by atoms with Crippen LogP contribution >= 0.6 is 0 Å². The maximum Gasteiger partial charge on any atom is 0.323 e. The highest BCUT2D eigenvalue weighted by atomic mass is 32.2. The minimum Gasteiger partial charge on any atom is -0.618 e. The molecule has 2 amide bonds. The molecule has 12 nitrogen and oxygen atoms in total. The summed E-state index contributed by atoms with van der Waals surface area (Å²) in [6.07, 6.45) is 6.73. The summed E-state index contributed by atoms with van der Waals surface area (Å²) in [4.78, 5) is 45.4. The van der Waals surface area contributed by atoms with E-state index in [2.05, 4.69) is 10.3 Å². The zero-order valence-corrected chi connectivity index (χ0v) is 22.9. The SMILES string of the molecule is CC(C)CC(NC(=O)c1ccc(-n2ccnc2)cc1)C(=O)N1CCC2C1C(=O)CN2S(=O)(=O)c1cccc[n+]1[O-]. The highest BCUT2D eigenvalue weighted by molar-refractivity contribution is 7.89. The van der Waals surface area contributed by atoms with Crippen LogP contribution in [0, 0.1) is 11.1 Å². The summed E-state index contributed by atoms with van der Waals surface area (Å²) in [5.41, 5.74) is 1.19. The van der Waals surface area contributed by atoms with Crippen molar-refractivity contribution >= 4 is 27.6 Å². The van der Waals surface area contributed by atoms with Gasteiger partial charge in [0.05, 0.1) is 18.9 Å². The highest BCUT2D eigenvalue weighted by Crippen LogP contribution is 2.34. The third-order valence-corrected chi connectivity index (χ3v) is 9.13. The molecular weight excluding hydrogens is 536 g/mol. The summed E-state index contributed by atoms with van der Waals surface area (Å²) >= 11 is 0. The Labute approximate surface area is 231 Å². The fraction of sp³-hybridized carbons (Fsp3) is 0.370. The number of likely N-dealkylation sites (tertiary alicyclic amines) is 1. The number of Topliss-reactive ketones (excluding diaryl/α,β-unsaturated/α-hetero) is 1. The molecule has 13 heteroatoms. The number of nitrogens with zero attached hydrogens (tertiary/aromatic N) is 5. The molecule has 40 heavy (non-hydrogen) atoms. The molecule has 5 rings (SSSR count). The van der Waals surface area contributed by atoms with Gasteiger partial charge in [0.15, 0.2) is 12.0 Å². The number of amides is 2. The van der Waals surface area contributed by atoms with Crippen molar-refractivity contribution in [1.82, 2.24) is 24.1 Å². The van der Waals surface area contributed by atoms with Crippen LogP contribution in [-0.2, 0) is 19.6 Å². The number of ketones is 1. The highest BCUT2D eigenvalue weighted by Gasteiger charge is 2.55. The molecule has 2 saturated heterocycles. The number of imidazole rings is 1. The number of carbonyl (C=O) groups excluding carboxylic acids is 3. The maximum atomic E-state index is 13.8. The van der Waals surface area contributed by atoms with Gasteiger partial charge in [-0.15, -0.1) is 0 Å². The van der Waals surface area contributed by atoms with Gasteiger partial charge in [-0.2, -0.15) is 9.04 Å². The van der Waals surface area contributed by atoms with Gasteiger partial charge < -0.3 is 20.0 Å². The van der Waals surface area contributed by atoms with Crippen molar-refractivity contribution in [2.75, 3.05) is 13.1 Å². The monoisotopic (exact) mass is 566 g/mol. The van der Waals surface area contributed by atoms with Gasteiger partial charge >= 0.3 is 15.0 Å². The molecule has 2 aliphatic rings. The number of hydrogen-bond acceptors (Lipinski definition) is 7. The Kier molecular flexibility index (Phi) is 7.43. The molecular formula is C27H30N6O6S. The lowest BCUT2D eigenvalue weighted by atomic mass is 10.0. The number of carbonyl (C=O) groups is 3. The third kappa shape index (κ3) is 5.09. The number of benzene rings is 1. The fourth-order valence-corrected chi connectivity index (χ4v) is 7.06. The molecule has 3 aromatic rings. The first kappa shape index (κ1) is 27.5. The molecule has 2 aliphatic heterocycles. The van der Waals surface area contributed by atoms with E-state index in [-0.39, 0.29) is 23.6 Å². The maximum absolute atomic E-state index is 13.8. The predicted octanol–water partition coefficient (Wildman–Crippen LogP) is 0.893. The van der Waals surface area contributed by atoms with Gasteiger partial charge in [0.25, 0.3) is 5.91 Å². The summed E-state index contributed by atoms with van der Waals surface area (Å²) in [6, 6.07) is 8.22. The van der Waals surface area contributed by atoms with Crippen molar-refractivity contribution in [1.29, 1.82) is 0 Å². The van der Waals surface area contributed by atoms with Crippen LogP contribution in [0.25, 0.3) is 5.69 Å². The Morgan fingerprint density at radius 2 is 1.93 bits per heavy atom. The average Bonchev–Trinajstić information content (AvgIpc) is 3.67. The Bertz CT molecular complexity index is 1520. The molecule has 1 N–H and O–H groups in total. The number of aromatic nitrogens is 3. The van der Waals surface area contributed by atoms with Crippen LogP contribution in [0.4, 0.5) is 0 Å². The van der Waals surface area contributed by atoms with Crippen molar-refractivity contribution < 1.29 is 27.5 Å². The minimum absolute atomic E-state index is 0.0537. The number of hydrogen-bond donors (Lipinski definition) is 1. The molecule has 210 valence electrons. The summed E-state index contributed by atoms with van der Waals surface area (Å²) in [5, 5.41) is 14.5. The Morgan fingerprint density at radius 1 is 1.18 bits per heavy atom. The molecule has 0 spiro atoms. The van der Waals surface area contributed by atoms with E-state index >= 15 is 0 Å². The number of rotatable bonds is 8. The number of fused-ring (bicyclic) bond motifs is 1. The van der Waals surface area contributed by atoms with Crippen LogP contribution in [0.3, 0.4) is 0 Å². The van der Waals surface area contributed by atoms with E-state index < -0.39 is 57.3 Å². The standard InChI is InChI=1S/C27H30N6O6S/c1-18(2)15-21(29-26(35)19-6-8-20(9-7-19)30-14-11-28-17-30)27(36)31-13-10-22-25(31)23(34)16-33(22)40(38,39)24-5-3-4-12-32(24)37/h3-9,11-12,14,17-18,21-22,25H,10,13,15-16H2,1-2H3,(H,29,35). The van der Waals surface area contributed by atoms with Crippen LogP contribution in [0.5, 0.6) is 0 Å². The topological polar surface area (TPSA) is 149 Å². The predicted molar refractivity (Wildman–Crippen MR) is 142 cm³/mol. The van der Waals surface area contributed by atoms with Gasteiger partial charge in [0, 0.05) is 42.3 Å². The molecule has 1 aromatic carbocycles. The van der Waals surface area contributed by atoms with E-state index in [1.54, 1.807) is 47.6 Å². The van der Waals surface area contributed by atoms with Crippen LogP contribution in [0.1, 0.15) is 37.0 Å². The summed E-state index contributed by atoms with van der Waals surface area (Å²) in [7, 11) is -4.27. The van der Waals surface area contributed by atoms with Crippen molar-refractivity contribution in [3.63, 3.8) is 0 Å². The lowest BCUT2D eigenvalue weighted by Gasteiger charge is -2.29. The van der Waals surface area contributed by atoms with E-state index in [9.17, 15) is 28.0 Å². The lowest BCUT2D eigenvalue weighted by molar-refractivity contribution is -0.646. The molecule has 2 fully saturated rings. The van der Waals surface area contributed by atoms with Crippen molar-refractivity contribution in [2.24, 2.45) is 5.92 Å². The second-order valence-electron chi connectivity index (χ2n) is 10.4. The molecule has 0 aliphatic carbocycles. The zero-order chi connectivity index (χ0) is 28.6. The Hall–Kier alpha value is -4.10. The van der Waals surface area contributed by atoms with Gasteiger partial charge in [0.2, 0.25) is 5.91 Å². The number of sulfonamides is 1. The molecule has 0 bridgehead atoms. The zero-order valence-electron chi connectivity index (χ0n) is 22.1. The van der Waals surface area contributed by atoms with Gasteiger partial charge in [0.1, 0.15) is 12.1 Å². The largest absolute Gasteiger partial charge is 0.618 e. The first-order valence-corrected chi connectivity index (χ1v) is 14.4. The van der Waals surface area contributed by atoms with Crippen molar-refractivity contribution in [2.45, 2.75) is 49.8 Å². The van der Waals surface area contributed by atoms with E-state index in [0.29, 0.717) is 12.0 Å². The molecule has 3 unspecified atom stereocenters. The Balaban J connectivity index is 1.34. The van der Waals surface area contributed by atoms with Crippen LogP contribution < -0.4 is 10.0 Å². The molecule has 0 radical (unpaired) electrons. The molecule has 3 atom stereocenters. The second kappa shape index (κ2) is 10.8. The smallest absolute Gasteiger partial charge is 0.323 e. The molecule has 4 heterocycles. The number of nitrogens with one attached hydrogen (secondary N) is 1. The van der Waals surface area contributed by atoms with E-state index in [4.69, 9.17) is 0 Å². The van der Waals surface area contributed by atoms with Gasteiger partial charge in [-0.25, -0.2) is 13.4 Å². The number of pyridine rings is 1. The molecule has 0 saturated carbocycles. The van der Waals surface area contributed by atoms with Crippen molar-refractivity contribution in [3.05, 3.63) is 78.2 Å². The Morgan fingerprint density at radius 3 is 2.58 bits per heavy atom. The lowest BCUT2D eigenvalue weighted by Crippen LogP contribution is -2.53. The fourth-order valence-electron chi connectivity index (χ4n) is 5.40. The van der Waals surface area contributed by atoms with Crippen LogP contribution in [-0.4, -0.2) is 76.0 Å². The quantitative estimate of drug-likeness (QED) is 0.314. The minimum atomic E-state index is -4.27. The van der Waals surface area contributed by atoms with E-state index in [1.165, 1.54) is 23.1 Å². The summed E-state index contributed by atoms with van der Waals surface area (Å²) in [6.45, 7) is 3.57. The van der Waals surface area contributed by atoms with Gasteiger partial charge in [-0.1, -0.05) is 13.8 Å². The third-order valence-electron chi connectivity index (χ3n) is 7.26. The molecule has 2 aromatic heterocycles. The van der Waals surface area contributed by atoms with Gasteiger partial charge in [-0.3, -0.25) is 14.4 Å². The van der Waals surface area contributed by atoms with Crippen LogP contribution in [0.15, 0.2) is 72.4 Å². The van der Waals surface area contributed by atoms with Crippen molar-refractivity contribution in [3.8, 4) is 5.69 Å². The average molecular weight is 567 g/mol. The van der Waals surface area contributed by atoms with Gasteiger partial charge in [-0.05, 0) is 49.1 Å².